The van der Waals surface area contributed by atoms with Gasteiger partial charge in [0, 0.05) is 17.7 Å². The molecule has 0 unspecified atom stereocenters. The minimum absolute atomic E-state index is 0.0501. The maximum Gasteiger partial charge on any atom is 0.270 e. The highest BCUT2D eigenvalue weighted by Gasteiger charge is 2.13. The standard InChI is InChI=1S/C11H10N4O2S2/c1-6-9(19-11(13-6)14-10(12)18)7-3-2-4-8(5-7)15(16)17/h2-5H,1H3,(H3,12,13,14,18). The van der Waals surface area contributed by atoms with E-state index in [-0.39, 0.29) is 10.8 Å². The molecule has 0 radical (unpaired) electrons. The van der Waals surface area contributed by atoms with Gasteiger partial charge in [0.05, 0.1) is 15.5 Å². The lowest BCUT2D eigenvalue weighted by atomic mass is 10.1. The van der Waals surface area contributed by atoms with Gasteiger partial charge in [-0.2, -0.15) is 0 Å². The first-order valence-electron chi connectivity index (χ1n) is 5.26. The molecule has 2 rings (SSSR count). The predicted molar refractivity (Wildman–Crippen MR) is 79.3 cm³/mol. The molecule has 6 nitrogen and oxygen atoms in total. The van der Waals surface area contributed by atoms with Crippen LogP contribution < -0.4 is 11.1 Å². The van der Waals surface area contributed by atoms with Crippen LogP contribution in [0, 0.1) is 17.0 Å². The van der Waals surface area contributed by atoms with Crippen LogP contribution in [0.25, 0.3) is 10.4 Å². The monoisotopic (exact) mass is 294 g/mol. The zero-order chi connectivity index (χ0) is 14.0. The van der Waals surface area contributed by atoms with Crippen molar-refractivity contribution in [2.75, 3.05) is 5.32 Å². The lowest BCUT2D eigenvalue weighted by Gasteiger charge is -1.98. The summed E-state index contributed by atoms with van der Waals surface area (Å²) in [6, 6.07) is 6.42. The second-order valence-corrected chi connectivity index (χ2v) is 5.17. The van der Waals surface area contributed by atoms with Gasteiger partial charge in [-0.05, 0) is 19.1 Å². The summed E-state index contributed by atoms with van der Waals surface area (Å²) in [7, 11) is 0. The number of nitrogens with two attached hydrogens (primary N) is 1. The summed E-state index contributed by atoms with van der Waals surface area (Å²) in [5, 5.41) is 14.2. The van der Waals surface area contributed by atoms with Crippen LogP contribution in [0.5, 0.6) is 0 Å². The molecular weight excluding hydrogens is 284 g/mol. The molecule has 0 atom stereocenters. The average molecular weight is 294 g/mol. The molecule has 1 aromatic carbocycles. The lowest BCUT2D eigenvalue weighted by molar-refractivity contribution is -0.384. The summed E-state index contributed by atoms with van der Waals surface area (Å²) < 4.78 is 0. The van der Waals surface area contributed by atoms with E-state index in [0.29, 0.717) is 5.13 Å². The Morgan fingerprint density at radius 3 is 2.95 bits per heavy atom. The fourth-order valence-corrected chi connectivity index (χ4v) is 2.72. The van der Waals surface area contributed by atoms with Crippen LogP contribution in [0.4, 0.5) is 10.8 Å². The summed E-state index contributed by atoms with van der Waals surface area (Å²) in [6.07, 6.45) is 0. The highest BCUT2D eigenvalue weighted by molar-refractivity contribution is 7.80. The van der Waals surface area contributed by atoms with Crippen molar-refractivity contribution >= 4 is 39.5 Å². The van der Waals surface area contributed by atoms with Crippen molar-refractivity contribution in [2.24, 2.45) is 5.73 Å². The number of thiocarbonyl (C=S) groups is 1. The number of hydrogen-bond acceptors (Lipinski definition) is 5. The van der Waals surface area contributed by atoms with Gasteiger partial charge in [-0.3, -0.25) is 10.1 Å². The van der Waals surface area contributed by atoms with Gasteiger partial charge in [0.15, 0.2) is 10.2 Å². The van der Waals surface area contributed by atoms with Gasteiger partial charge in [-0.25, -0.2) is 4.98 Å². The fraction of sp³-hybridized carbons (Fsp3) is 0.0909. The van der Waals surface area contributed by atoms with Crippen LogP contribution in [0.3, 0.4) is 0 Å². The first-order valence-corrected chi connectivity index (χ1v) is 6.48. The Morgan fingerprint density at radius 1 is 1.58 bits per heavy atom. The number of nitro groups is 1. The molecule has 0 amide bonds. The molecule has 0 saturated heterocycles. The number of benzene rings is 1. The third kappa shape index (κ3) is 3.04. The topological polar surface area (TPSA) is 94.1 Å². The number of non-ortho nitro benzene ring substituents is 1. The molecule has 0 saturated carbocycles. The van der Waals surface area contributed by atoms with Gasteiger partial charge in [0.2, 0.25) is 0 Å². The number of nitrogens with one attached hydrogen (secondary N) is 1. The van der Waals surface area contributed by atoms with E-state index in [4.69, 9.17) is 18.0 Å². The Hall–Kier alpha value is -2.06. The summed E-state index contributed by atoms with van der Waals surface area (Å²) >= 11 is 6.09. The number of nitrogens with zero attached hydrogens (tertiary/aromatic N) is 2. The van der Waals surface area contributed by atoms with E-state index in [1.165, 1.54) is 23.5 Å². The molecular formula is C11H10N4O2S2. The maximum atomic E-state index is 10.8. The van der Waals surface area contributed by atoms with Gasteiger partial charge in [-0.15, -0.1) is 0 Å². The van der Waals surface area contributed by atoms with Crippen molar-refractivity contribution in [1.82, 2.24) is 4.98 Å². The van der Waals surface area contributed by atoms with Gasteiger partial charge >= 0.3 is 0 Å². The molecule has 0 spiro atoms. The van der Waals surface area contributed by atoms with E-state index in [2.05, 4.69) is 10.3 Å². The van der Waals surface area contributed by atoms with E-state index in [1.807, 2.05) is 6.92 Å². The molecule has 98 valence electrons. The molecule has 0 aliphatic rings. The van der Waals surface area contributed by atoms with Crippen LogP contribution in [-0.2, 0) is 0 Å². The number of nitro benzene ring substituents is 1. The molecule has 1 aromatic heterocycles. The quantitative estimate of drug-likeness (QED) is 0.513. The summed E-state index contributed by atoms with van der Waals surface area (Å²) in [4.78, 5) is 15.5. The Bertz CT molecular complexity index is 654. The molecule has 2 aromatic rings. The normalized spacial score (nSPS) is 10.2. The van der Waals surface area contributed by atoms with Gasteiger partial charge in [0.1, 0.15) is 0 Å². The fourth-order valence-electron chi connectivity index (χ4n) is 1.58. The zero-order valence-electron chi connectivity index (χ0n) is 9.91. The molecule has 0 aliphatic heterocycles. The van der Waals surface area contributed by atoms with Crippen molar-refractivity contribution in [3.05, 3.63) is 40.1 Å². The number of aryl methyl sites for hydroxylation is 1. The summed E-state index contributed by atoms with van der Waals surface area (Å²) in [5.74, 6) is 0. The minimum Gasteiger partial charge on any atom is -0.376 e. The van der Waals surface area contributed by atoms with E-state index in [0.717, 1.165) is 16.1 Å². The molecule has 0 bridgehead atoms. The Kier molecular flexibility index (Phi) is 3.72. The van der Waals surface area contributed by atoms with E-state index >= 15 is 0 Å². The molecule has 19 heavy (non-hydrogen) atoms. The summed E-state index contributed by atoms with van der Waals surface area (Å²) in [6.45, 7) is 1.83. The van der Waals surface area contributed by atoms with Crippen LogP contribution in [0.1, 0.15) is 5.69 Å². The van der Waals surface area contributed by atoms with Crippen molar-refractivity contribution in [3.63, 3.8) is 0 Å². The molecule has 1 heterocycles. The third-order valence-electron chi connectivity index (χ3n) is 2.35. The SMILES string of the molecule is Cc1nc(NC(N)=S)sc1-c1cccc([N+](=O)[O-])c1. The van der Waals surface area contributed by atoms with Crippen molar-refractivity contribution in [2.45, 2.75) is 6.92 Å². The van der Waals surface area contributed by atoms with Crippen LogP contribution in [0.15, 0.2) is 24.3 Å². The van der Waals surface area contributed by atoms with Crippen molar-refractivity contribution in [3.8, 4) is 10.4 Å². The third-order valence-corrected chi connectivity index (χ3v) is 3.57. The van der Waals surface area contributed by atoms with Crippen LogP contribution >= 0.6 is 23.6 Å². The van der Waals surface area contributed by atoms with E-state index in [1.54, 1.807) is 12.1 Å². The second-order valence-electron chi connectivity index (χ2n) is 3.73. The Balaban J connectivity index is 2.41. The predicted octanol–water partition coefficient (Wildman–Crippen LogP) is 2.68. The van der Waals surface area contributed by atoms with Crippen molar-refractivity contribution in [1.29, 1.82) is 0 Å². The van der Waals surface area contributed by atoms with Gasteiger partial charge in [-0.1, -0.05) is 23.5 Å². The van der Waals surface area contributed by atoms with E-state index < -0.39 is 4.92 Å². The minimum atomic E-state index is -0.423. The second kappa shape index (κ2) is 5.29. The van der Waals surface area contributed by atoms with Gasteiger partial charge < -0.3 is 11.1 Å². The first kappa shape index (κ1) is 13.4. The summed E-state index contributed by atoms with van der Waals surface area (Å²) in [5.41, 5.74) is 6.95. The highest BCUT2D eigenvalue weighted by atomic mass is 32.1. The first-order chi connectivity index (χ1) is 8.97. The van der Waals surface area contributed by atoms with Crippen LogP contribution in [0.2, 0.25) is 0 Å². The average Bonchev–Trinajstić information content (AvgIpc) is 2.69. The van der Waals surface area contributed by atoms with Gasteiger partial charge in [0.25, 0.3) is 5.69 Å². The number of rotatable bonds is 3. The highest BCUT2D eigenvalue weighted by Crippen LogP contribution is 2.34. The molecule has 3 N–H and O–H groups in total. The molecule has 0 fully saturated rings. The number of aromatic nitrogens is 1. The van der Waals surface area contributed by atoms with E-state index in [9.17, 15) is 10.1 Å². The number of anilines is 1. The Morgan fingerprint density at radius 2 is 2.32 bits per heavy atom. The largest absolute Gasteiger partial charge is 0.376 e. The molecule has 8 heteroatoms. The number of hydrogen-bond donors (Lipinski definition) is 2. The van der Waals surface area contributed by atoms with Crippen molar-refractivity contribution < 1.29 is 4.92 Å². The van der Waals surface area contributed by atoms with Crippen LogP contribution in [-0.4, -0.2) is 15.0 Å². The number of thiazole rings is 1. The maximum absolute atomic E-state index is 10.8. The smallest absolute Gasteiger partial charge is 0.270 e. The zero-order valence-corrected chi connectivity index (χ0v) is 11.5. The molecule has 0 aliphatic carbocycles. The lowest BCUT2D eigenvalue weighted by Crippen LogP contribution is -2.18. The Labute approximate surface area is 118 Å².